The second-order valence-electron chi connectivity index (χ2n) is 4.70. The van der Waals surface area contributed by atoms with Gasteiger partial charge >= 0.3 is 5.69 Å². The fraction of sp³-hybridized carbons (Fsp3) is 0.214. The first-order valence-electron chi connectivity index (χ1n) is 6.84. The monoisotopic (exact) mass is 365 g/mol. The van der Waals surface area contributed by atoms with Gasteiger partial charge in [-0.3, -0.25) is 14.9 Å². The number of hydrazone groups is 1. The number of thiazole rings is 1. The molecule has 0 atom stereocenters. The number of nitrogens with two attached hydrogens (primary N) is 1. The Labute approximate surface area is 146 Å². The van der Waals surface area contributed by atoms with Crippen LogP contribution in [0.1, 0.15) is 20.9 Å². The quantitative estimate of drug-likeness (QED) is 0.451. The van der Waals surface area contributed by atoms with Crippen LogP contribution in [-0.2, 0) is 0 Å². The molecule has 3 N–H and O–H groups in total. The average molecular weight is 365 g/mol. The van der Waals surface area contributed by atoms with E-state index in [0.717, 1.165) is 11.3 Å². The number of carbonyl (C=O) groups is 1. The summed E-state index contributed by atoms with van der Waals surface area (Å²) in [7, 11) is 2.67. The van der Waals surface area contributed by atoms with Crippen molar-refractivity contribution in [3.63, 3.8) is 0 Å². The Hall–Kier alpha value is -3.21. The molecule has 0 radical (unpaired) electrons. The molecular weight excluding hydrogens is 350 g/mol. The standard InChI is InChI=1S/C14H15N5O5S/c1-7-12(25-14(15)17-7)13(20)18-16-6-8-4-9(19(21)22)11(24-3)10(5-8)23-2/h4-6H,1-3H3,(H2,15,17)(H,18,20)/b16-6-. The second kappa shape index (κ2) is 7.57. The molecule has 0 saturated heterocycles. The third-order valence-electron chi connectivity index (χ3n) is 3.08. The van der Waals surface area contributed by atoms with Gasteiger partial charge in [-0.05, 0) is 13.0 Å². The largest absolute Gasteiger partial charge is 0.493 e. The molecule has 11 heteroatoms. The van der Waals surface area contributed by atoms with Crippen molar-refractivity contribution in [2.75, 3.05) is 20.0 Å². The van der Waals surface area contributed by atoms with Crippen LogP contribution in [0.15, 0.2) is 17.2 Å². The van der Waals surface area contributed by atoms with E-state index in [9.17, 15) is 14.9 Å². The third kappa shape index (κ3) is 4.01. The number of nitro groups is 1. The number of hydrogen-bond donors (Lipinski definition) is 2. The smallest absolute Gasteiger partial charge is 0.315 e. The Morgan fingerprint density at radius 3 is 2.68 bits per heavy atom. The summed E-state index contributed by atoms with van der Waals surface area (Å²) in [5, 5.41) is 15.2. The molecule has 1 amide bonds. The first-order valence-corrected chi connectivity index (χ1v) is 7.65. The van der Waals surface area contributed by atoms with Gasteiger partial charge in [0.25, 0.3) is 5.91 Å². The highest BCUT2D eigenvalue weighted by Crippen LogP contribution is 2.37. The molecule has 2 aromatic rings. The number of nitrogens with zero attached hydrogens (tertiary/aromatic N) is 3. The number of methoxy groups -OCH3 is 2. The first kappa shape index (κ1) is 18.1. The molecule has 0 aliphatic carbocycles. The number of nitrogen functional groups attached to an aromatic ring is 1. The van der Waals surface area contributed by atoms with E-state index < -0.39 is 10.8 Å². The fourth-order valence-corrected chi connectivity index (χ4v) is 2.74. The van der Waals surface area contributed by atoms with Crippen LogP contribution >= 0.6 is 11.3 Å². The second-order valence-corrected chi connectivity index (χ2v) is 5.73. The van der Waals surface area contributed by atoms with Gasteiger partial charge in [0.1, 0.15) is 4.88 Å². The van der Waals surface area contributed by atoms with Crippen LogP contribution in [-0.4, -0.2) is 36.2 Å². The van der Waals surface area contributed by atoms with Crippen molar-refractivity contribution in [2.45, 2.75) is 6.92 Å². The molecule has 0 spiro atoms. The molecule has 0 aliphatic rings. The molecule has 10 nitrogen and oxygen atoms in total. The van der Waals surface area contributed by atoms with Crippen molar-refractivity contribution in [3.8, 4) is 11.5 Å². The van der Waals surface area contributed by atoms with Crippen LogP contribution < -0.4 is 20.6 Å². The lowest BCUT2D eigenvalue weighted by molar-refractivity contribution is -0.385. The Bertz CT molecular complexity index is 848. The van der Waals surface area contributed by atoms with Crippen LogP contribution in [0.3, 0.4) is 0 Å². The summed E-state index contributed by atoms with van der Waals surface area (Å²) in [6, 6.07) is 2.75. The van der Waals surface area contributed by atoms with Crippen LogP contribution in [0.25, 0.3) is 0 Å². The molecule has 1 heterocycles. The maximum absolute atomic E-state index is 12.0. The number of benzene rings is 1. The zero-order chi connectivity index (χ0) is 18.6. The van der Waals surface area contributed by atoms with E-state index >= 15 is 0 Å². The molecule has 0 fully saturated rings. The number of aromatic nitrogens is 1. The summed E-state index contributed by atoms with van der Waals surface area (Å²) < 4.78 is 10.1. The van der Waals surface area contributed by atoms with E-state index in [-0.39, 0.29) is 22.3 Å². The molecule has 0 aliphatic heterocycles. The maximum atomic E-state index is 12.0. The Balaban J connectivity index is 2.23. The molecule has 2 rings (SSSR count). The van der Waals surface area contributed by atoms with Crippen molar-refractivity contribution in [3.05, 3.63) is 38.4 Å². The minimum atomic E-state index is -0.596. The maximum Gasteiger partial charge on any atom is 0.315 e. The van der Waals surface area contributed by atoms with Crippen molar-refractivity contribution in [2.24, 2.45) is 5.10 Å². The van der Waals surface area contributed by atoms with E-state index in [2.05, 4.69) is 15.5 Å². The number of ether oxygens (including phenoxy) is 2. The summed E-state index contributed by atoms with van der Waals surface area (Å²) >= 11 is 1.04. The van der Waals surface area contributed by atoms with Gasteiger partial charge in [-0.15, -0.1) is 0 Å². The molecule has 1 aromatic heterocycles. The van der Waals surface area contributed by atoms with Crippen molar-refractivity contribution < 1.29 is 19.2 Å². The zero-order valence-electron chi connectivity index (χ0n) is 13.6. The summed E-state index contributed by atoms with van der Waals surface area (Å²) in [6.45, 7) is 1.66. The number of carbonyl (C=O) groups excluding carboxylic acids is 1. The van der Waals surface area contributed by atoms with Gasteiger partial charge in [-0.2, -0.15) is 5.10 Å². The van der Waals surface area contributed by atoms with Crippen LogP contribution in [0.2, 0.25) is 0 Å². The summed E-state index contributed by atoms with van der Waals surface area (Å²) in [6.07, 6.45) is 1.26. The lowest BCUT2D eigenvalue weighted by Gasteiger charge is -2.08. The van der Waals surface area contributed by atoms with Gasteiger partial charge in [-0.1, -0.05) is 11.3 Å². The molecule has 0 bridgehead atoms. The number of hydrogen-bond acceptors (Lipinski definition) is 9. The van der Waals surface area contributed by atoms with Crippen molar-refractivity contribution in [1.29, 1.82) is 0 Å². The van der Waals surface area contributed by atoms with Gasteiger partial charge in [0.05, 0.1) is 31.1 Å². The normalized spacial score (nSPS) is 10.7. The van der Waals surface area contributed by atoms with Crippen molar-refractivity contribution >= 4 is 34.3 Å². The summed E-state index contributed by atoms with van der Waals surface area (Å²) in [4.78, 5) is 26.8. The lowest BCUT2D eigenvalue weighted by atomic mass is 10.2. The van der Waals surface area contributed by atoms with Gasteiger partial charge in [-0.25, -0.2) is 10.4 Å². The Kier molecular flexibility index (Phi) is 5.49. The first-order chi connectivity index (χ1) is 11.9. The third-order valence-corrected chi connectivity index (χ3v) is 4.06. The molecule has 1 aromatic carbocycles. The predicted molar refractivity (Wildman–Crippen MR) is 92.5 cm³/mol. The SMILES string of the molecule is COc1cc(/C=N\NC(=O)c2sc(N)nc2C)cc([N+](=O)[O-])c1OC. The zero-order valence-corrected chi connectivity index (χ0v) is 14.4. The van der Waals surface area contributed by atoms with Crippen LogP contribution in [0, 0.1) is 17.0 Å². The number of amides is 1. The molecule has 0 saturated carbocycles. The Morgan fingerprint density at radius 2 is 2.16 bits per heavy atom. The van der Waals surface area contributed by atoms with E-state index in [1.165, 1.54) is 32.6 Å². The van der Waals surface area contributed by atoms with Crippen LogP contribution in [0.4, 0.5) is 10.8 Å². The van der Waals surface area contributed by atoms with Gasteiger partial charge in [0.2, 0.25) is 5.75 Å². The van der Waals surface area contributed by atoms with E-state index in [4.69, 9.17) is 15.2 Å². The van der Waals surface area contributed by atoms with Crippen LogP contribution in [0.5, 0.6) is 11.5 Å². The molecule has 0 unspecified atom stereocenters. The summed E-state index contributed by atoms with van der Waals surface area (Å²) in [5.74, 6) is -0.294. The Morgan fingerprint density at radius 1 is 1.44 bits per heavy atom. The van der Waals surface area contributed by atoms with Crippen molar-refractivity contribution in [1.82, 2.24) is 10.4 Å². The average Bonchev–Trinajstić information content (AvgIpc) is 2.92. The molecule has 25 heavy (non-hydrogen) atoms. The fourth-order valence-electron chi connectivity index (χ4n) is 2.02. The number of nitro benzene ring substituents is 1. The topological polar surface area (TPSA) is 142 Å². The highest BCUT2D eigenvalue weighted by molar-refractivity contribution is 7.17. The number of rotatable bonds is 6. The van der Waals surface area contributed by atoms with Gasteiger partial charge in [0.15, 0.2) is 10.9 Å². The van der Waals surface area contributed by atoms with E-state index in [1.807, 2.05) is 0 Å². The lowest BCUT2D eigenvalue weighted by Crippen LogP contribution is -2.17. The van der Waals surface area contributed by atoms with E-state index in [0.29, 0.717) is 16.1 Å². The number of aryl methyl sites for hydroxylation is 1. The highest BCUT2D eigenvalue weighted by Gasteiger charge is 2.21. The molecule has 132 valence electrons. The number of anilines is 1. The van der Waals surface area contributed by atoms with E-state index in [1.54, 1.807) is 6.92 Å². The highest BCUT2D eigenvalue weighted by atomic mass is 32.1. The minimum Gasteiger partial charge on any atom is -0.493 e. The molecular formula is C14H15N5O5S. The predicted octanol–water partition coefficient (Wildman–Crippen LogP) is 1.72. The minimum absolute atomic E-state index is 0.00412. The van der Waals surface area contributed by atoms with Gasteiger partial charge in [0, 0.05) is 11.6 Å². The summed E-state index contributed by atoms with van der Waals surface area (Å²) in [5.41, 5.74) is 8.43. The number of nitrogens with one attached hydrogen (secondary N) is 1. The van der Waals surface area contributed by atoms with Gasteiger partial charge < -0.3 is 15.2 Å².